The fourth-order valence-electron chi connectivity index (χ4n) is 3.27. The molecule has 1 saturated heterocycles. The Morgan fingerprint density at radius 2 is 1.95 bits per heavy atom. The Labute approximate surface area is 116 Å². The lowest BCUT2D eigenvalue weighted by molar-refractivity contribution is 0.241. The molecule has 0 spiro atoms. The Hall–Kier alpha value is -1.06. The maximum absolute atomic E-state index is 9.34. The summed E-state index contributed by atoms with van der Waals surface area (Å²) in [6, 6.07) is 6.82. The van der Waals surface area contributed by atoms with Crippen molar-refractivity contribution in [3.8, 4) is 0 Å². The van der Waals surface area contributed by atoms with E-state index < -0.39 is 0 Å². The lowest BCUT2D eigenvalue weighted by Gasteiger charge is -2.51. The molecule has 0 saturated carbocycles. The van der Waals surface area contributed by atoms with Crippen LogP contribution >= 0.6 is 0 Å². The zero-order chi connectivity index (χ0) is 14.0. The number of aryl methyl sites for hydroxylation is 2. The summed E-state index contributed by atoms with van der Waals surface area (Å²) < 4.78 is 0. The Bertz CT molecular complexity index is 420. The van der Waals surface area contributed by atoms with Gasteiger partial charge in [0.2, 0.25) is 0 Å². The van der Waals surface area contributed by atoms with Crippen LogP contribution in [-0.4, -0.2) is 36.4 Å². The van der Waals surface area contributed by atoms with Crippen molar-refractivity contribution in [2.75, 3.05) is 24.6 Å². The first-order chi connectivity index (χ1) is 8.97. The second-order valence-electron chi connectivity index (χ2n) is 6.22. The van der Waals surface area contributed by atoms with E-state index >= 15 is 0 Å². The average Bonchev–Trinajstić information content (AvgIpc) is 2.32. The molecule has 0 bridgehead atoms. The molecule has 1 atom stereocenters. The van der Waals surface area contributed by atoms with Crippen molar-refractivity contribution in [1.82, 2.24) is 5.32 Å². The van der Waals surface area contributed by atoms with Gasteiger partial charge in [-0.1, -0.05) is 18.2 Å². The van der Waals surface area contributed by atoms with Crippen molar-refractivity contribution < 1.29 is 5.11 Å². The lowest BCUT2D eigenvalue weighted by atomic mass is 9.91. The molecule has 0 aromatic heterocycles. The number of nitrogens with one attached hydrogen (secondary N) is 1. The second-order valence-corrected chi connectivity index (χ2v) is 6.22. The van der Waals surface area contributed by atoms with Gasteiger partial charge in [0.05, 0.1) is 0 Å². The third-order valence-corrected chi connectivity index (χ3v) is 4.10. The molecule has 0 aliphatic carbocycles. The maximum Gasteiger partial charge on any atom is 0.0474 e. The summed E-state index contributed by atoms with van der Waals surface area (Å²) in [6.45, 7) is 11.1. The molecular weight excluding hydrogens is 236 g/mol. The number of piperazine rings is 1. The molecule has 1 aromatic carbocycles. The highest BCUT2D eigenvalue weighted by atomic mass is 16.3. The number of anilines is 1. The summed E-state index contributed by atoms with van der Waals surface area (Å²) in [5.74, 6) is 0. The van der Waals surface area contributed by atoms with Crippen LogP contribution in [0.15, 0.2) is 18.2 Å². The molecule has 3 heteroatoms. The third-order valence-electron chi connectivity index (χ3n) is 4.10. The van der Waals surface area contributed by atoms with Crippen LogP contribution in [0.2, 0.25) is 0 Å². The quantitative estimate of drug-likeness (QED) is 0.877. The summed E-state index contributed by atoms with van der Waals surface area (Å²) in [4.78, 5) is 2.52. The summed E-state index contributed by atoms with van der Waals surface area (Å²) in [7, 11) is 0. The number of aliphatic hydroxyl groups is 1. The van der Waals surface area contributed by atoms with Crippen LogP contribution in [0.5, 0.6) is 0 Å². The summed E-state index contributed by atoms with van der Waals surface area (Å²) >= 11 is 0. The van der Waals surface area contributed by atoms with Crippen LogP contribution in [-0.2, 0) is 0 Å². The molecular formula is C16H26N2O. The lowest BCUT2D eigenvalue weighted by Crippen LogP contribution is -2.63. The van der Waals surface area contributed by atoms with E-state index in [4.69, 9.17) is 0 Å². The molecule has 0 radical (unpaired) electrons. The molecule has 2 rings (SSSR count). The minimum atomic E-state index is 0.0644. The van der Waals surface area contributed by atoms with Gasteiger partial charge in [0.1, 0.15) is 0 Å². The van der Waals surface area contributed by atoms with E-state index in [2.05, 4.69) is 56.1 Å². The van der Waals surface area contributed by atoms with E-state index in [1.54, 1.807) is 0 Å². The van der Waals surface area contributed by atoms with Crippen molar-refractivity contribution in [2.45, 2.75) is 45.7 Å². The minimum Gasteiger partial charge on any atom is -0.396 e. The molecule has 1 heterocycles. The van der Waals surface area contributed by atoms with Crippen molar-refractivity contribution in [3.05, 3.63) is 29.3 Å². The number of hydrogen-bond donors (Lipinski definition) is 2. The molecule has 1 unspecified atom stereocenters. The molecule has 106 valence electrons. The molecule has 0 amide bonds. The number of hydrogen-bond acceptors (Lipinski definition) is 3. The van der Waals surface area contributed by atoms with Gasteiger partial charge < -0.3 is 15.3 Å². The van der Waals surface area contributed by atoms with Crippen molar-refractivity contribution in [1.29, 1.82) is 0 Å². The van der Waals surface area contributed by atoms with Gasteiger partial charge in [-0.25, -0.2) is 0 Å². The molecule has 1 aliphatic rings. The fraction of sp³-hybridized carbons (Fsp3) is 0.625. The van der Waals surface area contributed by atoms with Crippen molar-refractivity contribution in [3.63, 3.8) is 0 Å². The van der Waals surface area contributed by atoms with Crippen LogP contribution in [0.3, 0.4) is 0 Å². The van der Waals surface area contributed by atoms with Crippen LogP contribution < -0.4 is 10.2 Å². The van der Waals surface area contributed by atoms with E-state index in [0.717, 1.165) is 19.5 Å². The van der Waals surface area contributed by atoms with Gasteiger partial charge in [-0.2, -0.15) is 0 Å². The fourth-order valence-corrected chi connectivity index (χ4v) is 3.27. The van der Waals surface area contributed by atoms with Crippen molar-refractivity contribution in [2.24, 2.45) is 0 Å². The molecule has 2 N–H and O–H groups in total. The monoisotopic (exact) mass is 262 g/mol. The standard InChI is InChI=1S/C16H26N2O/c1-12-6-5-7-13(2)15(12)18-14(8-9-19)10-17-11-16(18,3)4/h5-7,14,17,19H,8-11H2,1-4H3. The zero-order valence-corrected chi connectivity index (χ0v) is 12.5. The SMILES string of the molecule is Cc1cccc(C)c1N1C(CCO)CNCC1(C)C. The highest BCUT2D eigenvalue weighted by Gasteiger charge is 2.37. The second kappa shape index (κ2) is 5.51. The van der Waals surface area contributed by atoms with Gasteiger partial charge in [-0.05, 0) is 45.2 Å². The van der Waals surface area contributed by atoms with E-state index in [0.29, 0.717) is 6.04 Å². The highest BCUT2D eigenvalue weighted by Crippen LogP contribution is 2.34. The summed E-state index contributed by atoms with van der Waals surface area (Å²) in [5.41, 5.74) is 4.04. The van der Waals surface area contributed by atoms with Crippen molar-refractivity contribution >= 4 is 5.69 Å². The predicted octanol–water partition coefficient (Wildman–Crippen LogP) is 2.24. The van der Waals surface area contributed by atoms with Gasteiger partial charge in [0.15, 0.2) is 0 Å². The Morgan fingerprint density at radius 1 is 1.32 bits per heavy atom. The Kier molecular flexibility index (Phi) is 4.16. The van der Waals surface area contributed by atoms with Crippen LogP contribution in [0, 0.1) is 13.8 Å². The van der Waals surface area contributed by atoms with E-state index in [-0.39, 0.29) is 12.1 Å². The Morgan fingerprint density at radius 3 is 2.53 bits per heavy atom. The number of para-hydroxylation sites is 1. The predicted molar refractivity (Wildman–Crippen MR) is 80.8 cm³/mol. The smallest absolute Gasteiger partial charge is 0.0474 e. The first-order valence-electron chi connectivity index (χ1n) is 7.14. The maximum atomic E-state index is 9.34. The van der Waals surface area contributed by atoms with Gasteiger partial charge in [0.25, 0.3) is 0 Å². The summed E-state index contributed by atoms with van der Waals surface area (Å²) in [5, 5.41) is 12.8. The van der Waals surface area contributed by atoms with Crippen LogP contribution in [0.1, 0.15) is 31.4 Å². The number of aliphatic hydroxyl groups excluding tert-OH is 1. The molecule has 1 aliphatic heterocycles. The van der Waals surface area contributed by atoms with E-state index in [9.17, 15) is 5.11 Å². The normalized spacial score (nSPS) is 22.6. The first-order valence-corrected chi connectivity index (χ1v) is 7.14. The number of benzene rings is 1. The van der Waals surface area contributed by atoms with Crippen LogP contribution in [0.25, 0.3) is 0 Å². The number of nitrogens with zero attached hydrogens (tertiary/aromatic N) is 1. The largest absolute Gasteiger partial charge is 0.396 e. The first kappa shape index (κ1) is 14.4. The minimum absolute atomic E-state index is 0.0644. The molecule has 1 aromatic rings. The van der Waals surface area contributed by atoms with Gasteiger partial charge in [0, 0.05) is 37.0 Å². The van der Waals surface area contributed by atoms with Gasteiger partial charge in [-0.3, -0.25) is 0 Å². The molecule has 3 nitrogen and oxygen atoms in total. The molecule has 19 heavy (non-hydrogen) atoms. The van der Waals surface area contributed by atoms with E-state index in [1.807, 2.05) is 0 Å². The topological polar surface area (TPSA) is 35.5 Å². The average molecular weight is 262 g/mol. The third kappa shape index (κ3) is 2.77. The summed E-state index contributed by atoms with van der Waals surface area (Å²) in [6.07, 6.45) is 0.810. The number of rotatable bonds is 3. The molecule has 1 fully saturated rings. The van der Waals surface area contributed by atoms with Crippen LogP contribution in [0.4, 0.5) is 5.69 Å². The van der Waals surface area contributed by atoms with Gasteiger partial charge in [-0.15, -0.1) is 0 Å². The zero-order valence-electron chi connectivity index (χ0n) is 12.5. The van der Waals surface area contributed by atoms with E-state index in [1.165, 1.54) is 16.8 Å². The van der Waals surface area contributed by atoms with Gasteiger partial charge >= 0.3 is 0 Å². The highest BCUT2D eigenvalue weighted by molar-refractivity contribution is 5.61. The Balaban J connectivity index is 2.46.